The lowest BCUT2D eigenvalue weighted by molar-refractivity contribution is 0.186. The SMILES string of the molecule is N#CC1(C(CO)Cc2ccccc2)CC1. The molecule has 2 heteroatoms. The van der Waals surface area contributed by atoms with Crippen molar-refractivity contribution in [2.24, 2.45) is 11.3 Å². The van der Waals surface area contributed by atoms with Crippen molar-refractivity contribution in [3.05, 3.63) is 35.9 Å². The van der Waals surface area contributed by atoms with E-state index in [1.807, 2.05) is 18.2 Å². The molecule has 0 amide bonds. The minimum Gasteiger partial charge on any atom is -0.396 e. The summed E-state index contributed by atoms with van der Waals surface area (Å²) < 4.78 is 0. The van der Waals surface area contributed by atoms with Crippen LogP contribution in [0, 0.1) is 22.7 Å². The number of rotatable bonds is 4. The van der Waals surface area contributed by atoms with E-state index in [1.165, 1.54) is 5.56 Å². The van der Waals surface area contributed by atoms with Crippen LogP contribution < -0.4 is 0 Å². The molecule has 0 bridgehead atoms. The standard InChI is InChI=1S/C13H15NO/c14-10-13(6-7-13)12(9-15)8-11-4-2-1-3-5-11/h1-5,12,15H,6-9H2. The number of benzene rings is 1. The molecule has 2 nitrogen and oxygen atoms in total. The van der Waals surface area contributed by atoms with Crippen LogP contribution in [0.15, 0.2) is 30.3 Å². The quantitative estimate of drug-likeness (QED) is 0.811. The molecule has 1 aromatic carbocycles. The Kier molecular flexibility index (Phi) is 2.75. The molecule has 0 saturated heterocycles. The van der Waals surface area contributed by atoms with Gasteiger partial charge in [-0.25, -0.2) is 0 Å². The Morgan fingerprint density at radius 3 is 2.47 bits per heavy atom. The van der Waals surface area contributed by atoms with Gasteiger partial charge in [0.1, 0.15) is 0 Å². The van der Waals surface area contributed by atoms with Gasteiger partial charge in [-0.2, -0.15) is 5.26 Å². The molecule has 0 heterocycles. The van der Waals surface area contributed by atoms with Crippen LogP contribution >= 0.6 is 0 Å². The van der Waals surface area contributed by atoms with E-state index in [9.17, 15) is 5.11 Å². The average Bonchev–Trinajstić information content (AvgIpc) is 3.08. The second-order valence-corrected chi connectivity index (χ2v) is 4.34. The van der Waals surface area contributed by atoms with Crippen molar-refractivity contribution >= 4 is 0 Å². The van der Waals surface area contributed by atoms with Gasteiger partial charge in [-0.1, -0.05) is 30.3 Å². The fourth-order valence-corrected chi connectivity index (χ4v) is 2.08. The van der Waals surface area contributed by atoms with E-state index in [-0.39, 0.29) is 17.9 Å². The Hall–Kier alpha value is -1.33. The van der Waals surface area contributed by atoms with Gasteiger partial charge in [-0.3, -0.25) is 0 Å². The lowest BCUT2D eigenvalue weighted by Crippen LogP contribution is -2.21. The maximum absolute atomic E-state index is 9.34. The van der Waals surface area contributed by atoms with Gasteiger partial charge in [0.15, 0.2) is 0 Å². The summed E-state index contributed by atoms with van der Waals surface area (Å²) in [6, 6.07) is 12.4. The minimum atomic E-state index is -0.232. The highest BCUT2D eigenvalue weighted by Gasteiger charge is 2.49. The van der Waals surface area contributed by atoms with Crippen molar-refractivity contribution in [2.75, 3.05) is 6.61 Å². The maximum Gasteiger partial charge on any atom is 0.0693 e. The fraction of sp³-hybridized carbons (Fsp3) is 0.462. The zero-order valence-electron chi connectivity index (χ0n) is 8.69. The molecule has 0 aromatic heterocycles. The van der Waals surface area contributed by atoms with Crippen LogP contribution in [0.25, 0.3) is 0 Å². The number of hydrogen-bond donors (Lipinski definition) is 1. The Morgan fingerprint density at radius 1 is 1.33 bits per heavy atom. The van der Waals surface area contributed by atoms with E-state index < -0.39 is 0 Å². The maximum atomic E-state index is 9.34. The number of hydrogen-bond acceptors (Lipinski definition) is 2. The summed E-state index contributed by atoms with van der Waals surface area (Å²) in [7, 11) is 0. The number of nitriles is 1. The summed E-state index contributed by atoms with van der Waals surface area (Å²) >= 11 is 0. The average molecular weight is 201 g/mol. The summed E-state index contributed by atoms with van der Waals surface area (Å²) in [5, 5.41) is 18.4. The summed E-state index contributed by atoms with van der Waals surface area (Å²) in [6.45, 7) is 0.114. The molecule has 15 heavy (non-hydrogen) atoms. The monoisotopic (exact) mass is 201 g/mol. The normalized spacial score (nSPS) is 19.2. The molecular formula is C13H15NO. The first kappa shape index (κ1) is 10.2. The first-order valence-electron chi connectivity index (χ1n) is 5.37. The highest BCUT2D eigenvalue weighted by molar-refractivity contribution is 5.20. The fourth-order valence-electron chi connectivity index (χ4n) is 2.08. The molecule has 1 unspecified atom stereocenters. The molecule has 1 aliphatic rings. The molecule has 0 spiro atoms. The first-order chi connectivity index (χ1) is 7.30. The van der Waals surface area contributed by atoms with Gasteiger partial charge in [0, 0.05) is 12.5 Å². The number of nitrogens with zero attached hydrogens (tertiary/aromatic N) is 1. The molecule has 78 valence electrons. The second-order valence-electron chi connectivity index (χ2n) is 4.34. The Balaban J connectivity index is 2.07. The zero-order valence-corrected chi connectivity index (χ0v) is 8.69. The van der Waals surface area contributed by atoms with Gasteiger partial charge >= 0.3 is 0 Å². The van der Waals surface area contributed by atoms with Gasteiger partial charge in [0.05, 0.1) is 11.5 Å². The number of aliphatic hydroxyl groups is 1. The van der Waals surface area contributed by atoms with Crippen molar-refractivity contribution in [3.63, 3.8) is 0 Å². The minimum absolute atomic E-state index is 0.102. The third-order valence-electron chi connectivity index (χ3n) is 3.34. The van der Waals surface area contributed by atoms with E-state index >= 15 is 0 Å². The lowest BCUT2D eigenvalue weighted by atomic mass is 9.85. The molecule has 0 radical (unpaired) electrons. The van der Waals surface area contributed by atoms with Gasteiger partial charge in [-0.15, -0.1) is 0 Å². The second kappa shape index (κ2) is 4.04. The summed E-state index contributed by atoms with van der Waals surface area (Å²) in [5.74, 6) is 0.102. The van der Waals surface area contributed by atoms with Crippen LogP contribution in [0.4, 0.5) is 0 Å². The zero-order chi connectivity index (χ0) is 10.7. The van der Waals surface area contributed by atoms with Crippen molar-refractivity contribution in [1.82, 2.24) is 0 Å². The predicted octanol–water partition coefficient (Wildman–Crippen LogP) is 2.14. The van der Waals surface area contributed by atoms with Crippen LogP contribution in [0.3, 0.4) is 0 Å². The van der Waals surface area contributed by atoms with Crippen molar-refractivity contribution < 1.29 is 5.11 Å². The highest BCUT2D eigenvalue weighted by Crippen LogP contribution is 2.52. The molecule has 1 atom stereocenters. The molecule has 2 rings (SSSR count). The van der Waals surface area contributed by atoms with E-state index in [4.69, 9.17) is 5.26 Å². The molecular weight excluding hydrogens is 186 g/mol. The molecule has 1 fully saturated rings. The van der Waals surface area contributed by atoms with E-state index in [0.717, 1.165) is 19.3 Å². The molecule has 1 N–H and O–H groups in total. The highest BCUT2D eigenvalue weighted by atomic mass is 16.3. The molecule has 1 aliphatic carbocycles. The van der Waals surface area contributed by atoms with Gasteiger partial charge in [0.25, 0.3) is 0 Å². The molecule has 0 aliphatic heterocycles. The Morgan fingerprint density at radius 2 is 2.00 bits per heavy atom. The first-order valence-corrected chi connectivity index (χ1v) is 5.37. The third kappa shape index (κ3) is 2.03. The van der Waals surface area contributed by atoms with Crippen LogP contribution in [-0.4, -0.2) is 11.7 Å². The largest absolute Gasteiger partial charge is 0.396 e. The van der Waals surface area contributed by atoms with E-state index in [0.29, 0.717) is 0 Å². The summed E-state index contributed by atoms with van der Waals surface area (Å²) in [4.78, 5) is 0. The van der Waals surface area contributed by atoms with Gasteiger partial charge < -0.3 is 5.11 Å². The Labute approximate surface area is 90.2 Å². The van der Waals surface area contributed by atoms with Gasteiger partial charge in [-0.05, 0) is 24.8 Å². The lowest BCUT2D eigenvalue weighted by Gasteiger charge is -2.18. The molecule has 1 aromatic rings. The third-order valence-corrected chi connectivity index (χ3v) is 3.34. The topological polar surface area (TPSA) is 44.0 Å². The van der Waals surface area contributed by atoms with Crippen LogP contribution in [0.5, 0.6) is 0 Å². The number of aliphatic hydroxyl groups excluding tert-OH is 1. The van der Waals surface area contributed by atoms with Crippen molar-refractivity contribution in [2.45, 2.75) is 19.3 Å². The predicted molar refractivity (Wildman–Crippen MR) is 58.0 cm³/mol. The van der Waals surface area contributed by atoms with Crippen LogP contribution in [0.1, 0.15) is 18.4 Å². The van der Waals surface area contributed by atoms with Crippen molar-refractivity contribution in [3.8, 4) is 6.07 Å². The summed E-state index contributed by atoms with van der Waals surface area (Å²) in [6.07, 6.45) is 2.70. The summed E-state index contributed by atoms with van der Waals surface area (Å²) in [5.41, 5.74) is 0.975. The van der Waals surface area contributed by atoms with E-state index in [2.05, 4.69) is 18.2 Å². The van der Waals surface area contributed by atoms with Crippen LogP contribution in [-0.2, 0) is 6.42 Å². The van der Waals surface area contributed by atoms with Gasteiger partial charge in [0.2, 0.25) is 0 Å². The Bertz CT molecular complexity index is 362. The van der Waals surface area contributed by atoms with E-state index in [1.54, 1.807) is 0 Å². The van der Waals surface area contributed by atoms with Crippen LogP contribution in [0.2, 0.25) is 0 Å². The smallest absolute Gasteiger partial charge is 0.0693 e. The van der Waals surface area contributed by atoms with Crippen molar-refractivity contribution in [1.29, 1.82) is 5.26 Å². The molecule has 1 saturated carbocycles.